The summed E-state index contributed by atoms with van der Waals surface area (Å²) in [5.41, 5.74) is 1.72. The van der Waals surface area contributed by atoms with Gasteiger partial charge in [-0.1, -0.05) is 24.3 Å². The predicted octanol–water partition coefficient (Wildman–Crippen LogP) is 3.66. The minimum Gasteiger partial charge on any atom is -0.495 e. The van der Waals surface area contributed by atoms with Crippen molar-refractivity contribution in [3.63, 3.8) is 0 Å². The zero-order valence-electron chi connectivity index (χ0n) is 14.9. The largest absolute Gasteiger partial charge is 0.495 e. The SMILES string of the molecule is COc1ccccc1Nc1cc(C(=O)Nc2ccccc2C#N)nc(C)n1. The quantitative estimate of drug-likeness (QED) is 0.721. The summed E-state index contributed by atoms with van der Waals surface area (Å²) < 4.78 is 5.31. The van der Waals surface area contributed by atoms with E-state index in [9.17, 15) is 4.79 Å². The summed E-state index contributed by atoms with van der Waals surface area (Å²) in [6.45, 7) is 1.70. The Morgan fingerprint density at radius 2 is 1.78 bits per heavy atom. The van der Waals surface area contributed by atoms with E-state index in [-0.39, 0.29) is 5.69 Å². The van der Waals surface area contributed by atoms with Crippen molar-refractivity contribution >= 4 is 23.1 Å². The number of carbonyl (C=O) groups is 1. The van der Waals surface area contributed by atoms with Gasteiger partial charge in [-0.15, -0.1) is 0 Å². The van der Waals surface area contributed by atoms with E-state index in [4.69, 9.17) is 10.00 Å². The van der Waals surface area contributed by atoms with Gasteiger partial charge in [0.2, 0.25) is 0 Å². The minimum absolute atomic E-state index is 0.188. The van der Waals surface area contributed by atoms with Crippen molar-refractivity contribution in [2.75, 3.05) is 17.7 Å². The molecule has 1 amide bonds. The number of carbonyl (C=O) groups excluding carboxylic acids is 1. The summed E-state index contributed by atoms with van der Waals surface area (Å²) in [6.07, 6.45) is 0. The fourth-order valence-corrected chi connectivity index (χ4v) is 2.51. The molecule has 7 heteroatoms. The maximum Gasteiger partial charge on any atom is 0.274 e. The molecule has 0 saturated carbocycles. The van der Waals surface area contributed by atoms with Crippen LogP contribution >= 0.6 is 0 Å². The van der Waals surface area contributed by atoms with Gasteiger partial charge in [0.15, 0.2) is 0 Å². The number of aromatic nitrogens is 2. The van der Waals surface area contributed by atoms with Crippen molar-refractivity contribution in [1.82, 2.24) is 9.97 Å². The number of nitrogens with zero attached hydrogens (tertiary/aromatic N) is 3. The van der Waals surface area contributed by atoms with E-state index < -0.39 is 5.91 Å². The molecule has 0 bridgehead atoms. The summed E-state index contributed by atoms with van der Waals surface area (Å²) in [6, 6.07) is 17.8. The normalized spacial score (nSPS) is 9.96. The fraction of sp³-hybridized carbons (Fsp3) is 0.100. The Morgan fingerprint density at radius 3 is 2.52 bits per heavy atom. The highest BCUT2D eigenvalue weighted by Gasteiger charge is 2.13. The topological polar surface area (TPSA) is 99.9 Å². The molecule has 0 spiro atoms. The minimum atomic E-state index is -0.425. The van der Waals surface area contributed by atoms with Crippen LogP contribution in [0.2, 0.25) is 0 Å². The number of ether oxygens (including phenoxy) is 1. The zero-order valence-corrected chi connectivity index (χ0v) is 14.9. The van der Waals surface area contributed by atoms with E-state index in [1.165, 1.54) is 0 Å². The number of nitrogens with one attached hydrogen (secondary N) is 2. The van der Waals surface area contributed by atoms with E-state index in [0.717, 1.165) is 5.69 Å². The molecule has 2 N–H and O–H groups in total. The van der Waals surface area contributed by atoms with Crippen molar-refractivity contribution in [2.24, 2.45) is 0 Å². The molecule has 0 aliphatic rings. The molecule has 0 aliphatic carbocycles. The van der Waals surface area contributed by atoms with Gasteiger partial charge in [0, 0.05) is 6.07 Å². The lowest BCUT2D eigenvalue weighted by molar-refractivity contribution is 0.102. The molecule has 3 rings (SSSR count). The lowest BCUT2D eigenvalue weighted by Gasteiger charge is -2.12. The van der Waals surface area contributed by atoms with Crippen molar-refractivity contribution in [3.05, 3.63) is 71.7 Å². The molecule has 0 unspecified atom stereocenters. The Labute approximate surface area is 156 Å². The standard InChI is InChI=1S/C20H17N5O2/c1-13-22-17(20(26)25-15-8-4-3-7-14(15)12-21)11-19(23-13)24-16-9-5-6-10-18(16)27-2/h3-11H,1-2H3,(H,25,26)(H,22,23,24). The third-order valence-electron chi connectivity index (χ3n) is 3.74. The Balaban J connectivity index is 1.87. The van der Waals surface area contributed by atoms with E-state index in [2.05, 4.69) is 20.6 Å². The second-order valence-corrected chi connectivity index (χ2v) is 5.62. The molecule has 0 aliphatic heterocycles. The van der Waals surface area contributed by atoms with Crippen LogP contribution in [0.25, 0.3) is 0 Å². The second-order valence-electron chi connectivity index (χ2n) is 5.62. The Hall–Kier alpha value is -3.92. The first-order chi connectivity index (χ1) is 13.1. The van der Waals surface area contributed by atoms with Crippen molar-refractivity contribution < 1.29 is 9.53 Å². The number of aryl methyl sites for hydroxylation is 1. The second kappa shape index (κ2) is 7.97. The lowest BCUT2D eigenvalue weighted by atomic mass is 10.2. The van der Waals surface area contributed by atoms with Gasteiger partial charge in [-0.3, -0.25) is 4.79 Å². The molecule has 1 aromatic heterocycles. The third kappa shape index (κ3) is 4.19. The Kier molecular flexibility index (Phi) is 5.28. The van der Waals surface area contributed by atoms with E-state index in [1.54, 1.807) is 44.4 Å². The molecule has 1 heterocycles. The molecule has 7 nitrogen and oxygen atoms in total. The number of nitriles is 1. The zero-order chi connectivity index (χ0) is 19.2. The Bertz CT molecular complexity index is 1030. The Morgan fingerprint density at radius 1 is 1.07 bits per heavy atom. The summed E-state index contributed by atoms with van der Waals surface area (Å²) in [7, 11) is 1.58. The van der Waals surface area contributed by atoms with Crippen LogP contribution in [0, 0.1) is 18.3 Å². The van der Waals surface area contributed by atoms with Crippen LogP contribution in [-0.2, 0) is 0 Å². The van der Waals surface area contributed by atoms with Gasteiger partial charge in [-0.25, -0.2) is 9.97 Å². The van der Waals surface area contributed by atoms with E-state index in [0.29, 0.717) is 28.6 Å². The maximum absolute atomic E-state index is 12.6. The first-order valence-electron chi connectivity index (χ1n) is 8.17. The van der Waals surface area contributed by atoms with Crippen LogP contribution < -0.4 is 15.4 Å². The molecule has 27 heavy (non-hydrogen) atoms. The number of amides is 1. The van der Waals surface area contributed by atoms with Crippen LogP contribution in [0.4, 0.5) is 17.2 Å². The number of rotatable bonds is 5. The van der Waals surface area contributed by atoms with Gasteiger partial charge in [-0.05, 0) is 31.2 Å². The smallest absolute Gasteiger partial charge is 0.274 e. The molecular weight excluding hydrogens is 342 g/mol. The van der Waals surface area contributed by atoms with Crippen molar-refractivity contribution in [1.29, 1.82) is 5.26 Å². The van der Waals surface area contributed by atoms with Gasteiger partial charge >= 0.3 is 0 Å². The highest BCUT2D eigenvalue weighted by Crippen LogP contribution is 2.26. The molecule has 2 aromatic carbocycles. The average molecular weight is 359 g/mol. The average Bonchev–Trinajstić information content (AvgIpc) is 2.68. The van der Waals surface area contributed by atoms with Gasteiger partial charge < -0.3 is 15.4 Å². The van der Waals surface area contributed by atoms with Crippen LogP contribution in [0.5, 0.6) is 5.75 Å². The van der Waals surface area contributed by atoms with Crippen molar-refractivity contribution in [3.8, 4) is 11.8 Å². The summed E-state index contributed by atoms with van der Waals surface area (Å²) in [4.78, 5) is 21.1. The number of para-hydroxylation sites is 3. The summed E-state index contributed by atoms with van der Waals surface area (Å²) in [5.74, 6) is 1.13. The predicted molar refractivity (Wildman–Crippen MR) is 102 cm³/mol. The number of anilines is 3. The van der Waals surface area contributed by atoms with Crippen molar-refractivity contribution in [2.45, 2.75) is 6.92 Å². The molecule has 0 saturated heterocycles. The molecule has 0 fully saturated rings. The third-order valence-corrected chi connectivity index (χ3v) is 3.74. The molecule has 0 atom stereocenters. The fourth-order valence-electron chi connectivity index (χ4n) is 2.51. The molecule has 0 radical (unpaired) electrons. The maximum atomic E-state index is 12.6. The van der Waals surface area contributed by atoms with E-state index >= 15 is 0 Å². The number of hydrogen-bond donors (Lipinski definition) is 2. The van der Waals surface area contributed by atoms with Crippen LogP contribution in [-0.4, -0.2) is 23.0 Å². The first kappa shape index (κ1) is 17.9. The van der Waals surface area contributed by atoms with Gasteiger partial charge in [0.1, 0.15) is 29.2 Å². The van der Waals surface area contributed by atoms with Crippen LogP contribution in [0.15, 0.2) is 54.6 Å². The molecular formula is C20H17N5O2. The highest BCUT2D eigenvalue weighted by molar-refractivity contribution is 6.04. The van der Waals surface area contributed by atoms with Gasteiger partial charge in [0.25, 0.3) is 5.91 Å². The van der Waals surface area contributed by atoms with Gasteiger partial charge in [0.05, 0.1) is 24.0 Å². The summed E-state index contributed by atoms with van der Waals surface area (Å²) >= 11 is 0. The lowest BCUT2D eigenvalue weighted by Crippen LogP contribution is -2.16. The highest BCUT2D eigenvalue weighted by atomic mass is 16.5. The molecule has 134 valence electrons. The summed E-state index contributed by atoms with van der Waals surface area (Å²) in [5, 5.41) is 15.0. The molecule has 3 aromatic rings. The monoisotopic (exact) mass is 359 g/mol. The van der Waals surface area contributed by atoms with E-state index in [1.807, 2.05) is 30.3 Å². The number of benzene rings is 2. The van der Waals surface area contributed by atoms with Crippen LogP contribution in [0.3, 0.4) is 0 Å². The number of hydrogen-bond acceptors (Lipinski definition) is 6. The number of methoxy groups -OCH3 is 1. The van der Waals surface area contributed by atoms with Crippen LogP contribution in [0.1, 0.15) is 21.9 Å². The van der Waals surface area contributed by atoms with Gasteiger partial charge in [-0.2, -0.15) is 5.26 Å². The first-order valence-corrected chi connectivity index (χ1v) is 8.17.